The van der Waals surface area contributed by atoms with Gasteiger partial charge in [0.15, 0.2) is 0 Å². The number of halogens is 1. The van der Waals surface area contributed by atoms with Gasteiger partial charge in [-0.05, 0) is 52.7 Å². The predicted molar refractivity (Wildman–Crippen MR) is 83.3 cm³/mol. The third-order valence-electron chi connectivity index (χ3n) is 3.28. The molecule has 0 unspecified atom stereocenters. The Morgan fingerprint density at radius 3 is 2.71 bits per heavy atom. The first-order valence-corrected chi connectivity index (χ1v) is 7.02. The molecule has 0 radical (unpaired) electrons. The maximum atomic E-state index is 12.2. The van der Waals surface area contributed by atoms with Crippen molar-refractivity contribution in [3.63, 3.8) is 0 Å². The number of H-pyrrole nitrogens is 1. The van der Waals surface area contributed by atoms with E-state index in [1.54, 1.807) is 18.2 Å². The number of fused-ring (bicyclic) bond motifs is 1. The standard InChI is InChI=1S/C15H11BrN2O3/c1-8-5-6-12(10(16)7-8)18-13-9(14(19)20)3-2-4-11(13)17-15(18)21/h2-7H,1H3,(H,17,21)(H,19,20). The number of hydrogen-bond donors (Lipinski definition) is 2. The smallest absolute Gasteiger partial charge is 0.337 e. The number of nitrogens with zero attached hydrogens (tertiary/aromatic N) is 1. The quantitative estimate of drug-likeness (QED) is 0.748. The highest BCUT2D eigenvalue weighted by Gasteiger charge is 2.17. The summed E-state index contributed by atoms with van der Waals surface area (Å²) in [6.45, 7) is 1.94. The molecule has 3 aromatic rings. The lowest BCUT2D eigenvalue weighted by Gasteiger charge is -2.08. The number of benzene rings is 2. The summed E-state index contributed by atoms with van der Waals surface area (Å²) in [5.74, 6) is -1.07. The molecule has 0 aliphatic carbocycles. The van der Waals surface area contributed by atoms with Crippen LogP contribution >= 0.6 is 15.9 Å². The molecule has 21 heavy (non-hydrogen) atoms. The average Bonchev–Trinajstić information content (AvgIpc) is 2.74. The highest BCUT2D eigenvalue weighted by Crippen LogP contribution is 2.26. The molecule has 0 aliphatic rings. The second-order valence-electron chi connectivity index (χ2n) is 4.73. The van der Waals surface area contributed by atoms with E-state index < -0.39 is 5.97 Å². The van der Waals surface area contributed by atoms with Crippen LogP contribution in [0.1, 0.15) is 15.9 Å². The number of aromatic nitrogens is 2. The topological polar surface area (TPSA) is 75.1 Å². The molecule has 1 heterocycles. The van der Waals surface area contributed by atoms with Gasteiger partial charge < -0.3 is 10.1 Å². The Morgan fingerprint density at radius 2 is 2.05 bits per heavy atom. The van der Waals surface area contributed by atoms with Crippen LogP contribution in [0.5, 0.6) is 0 Å². The van der Waals surface area contributed by atoms with Crippen molar-refractivity contribution in [2.45, 2.75) is 6.92 Å². The van der Waals surface area contributed by atoms with E-state index in [0.29, 0.717) is 16.7 Å². The van der Waals surface area contributed by atoms with Gasteiger partial charge in [0.1, 0.15) is 0 Å². The number of carboxylic acids is 1. The minimum absolute atomic E-state index is 0.0818. The Kier molecular flexibility index (Phi) is 3.17. The number of carboxylic acid groups (broad SMARTS) is 1. The van der Waals surface area contributed by atoms with E-state index in [1.807, 2.05) is 19.1 Å². The van der Waals surface area contributed by atoms with Gasteiger partial charge in [-0.2, -0.15) is 0 Å². The van der Waals surface area contributed by atoms with Crippen LogP contribution in [0.2, 0.25) is 0 Å². The van der Waals surface area contributed by atoms with Gasteiger partial charge in [0.05, 0.1) is 22.3 Å². The van der Waals surface area contributed by atoms with Crippen LogP contribution in [0.25, 0.3) is 16.7 Å². The van der Waals surface area contributed by atoms with Crippen LogP contribution in [0.15, 0.2) is 45.7 Å². The first-order valence-electron chi connectivity index (χ1n) is 6.22. The lowest BCUT2D eigenvalue weighted by atomic mass is 10.1. The molecular formula is C15H11BrN2O3. The summed E-state index contributed by atoms with van der Waals surface area (Å²) < 4.78 is 2.10. The number of rotatable bonds is 2. The largest absolute Gasteiger partial charge is 0.478 e. The summed E-state index contributed by atoms with van der Waals surface area (Å²) in [6, 6.07) is 10.3. The molecule has 0 atom stereocenters. The molecule has 3 rings (SSSR count). The zero-order valence-electron chi connectivity index (χ0n) is 11.1. The first kappa shape index (κ1) is 13.6. The van der Waals surface area contributed by atoms with E-state index in [0.717, 1.165) is 10.0 Å². The van der Waals surface area contributed by atoms with Gasteiger partial charge in [0.2, 0.25) is 0 Å². The highest BCUT2D eigenvalue weighted by molar-refractivity contribution is 9.10. The van der Waals surface area contributed by atoms with Crippen molar-refractivity contribution in [3.8, 4) is 5.69 Å². The third-order valence-corrected chi connectivity index (χ3v) is 3.91. The van der Waals surface area contributed by atoms with E-state index >= 15 is 0 Å². The molecule has 2 N–H and O–H groups in total. The van der Waals surface area contributed by atoms with Crippen molar-refractivity contribution in [2.24, 2.45) is 0 Å². The Bertz CT molecular complexity index is 924. The van der Waals surface area contributed by atoms with Gasteiger partial charge in [-0.15, -0.1) is 0 Å². The van der Waals surface area contributed by atoms with Crippen LogP contribution in [0.4, 0.5) is 0 Å². The van der Waals surface area contributed by atoms with Gasteiger partial charge in [-0.25, -0.2) is 9.59 Å². The normalized spacial score (nSPS) is 11.0. The minimum atomic E-state index is -1.07. The van der Waals surface area contributed by atoms with Crippen LogP contribution in [0, 0.1) is 6.92 Å². The monoisotopic (exact) mass is 346 g/mol. The van der Waals surface area contributed by atoms with Crippen molar-refractivity contribution in [1.82, 2.24) is 9.55 Å². The average molecular weight is 347 g/mol. The maximum Gasteiger partial charge on any atom is 0.337 e. The highest BCUT2D eigenvalue weighted by atomic mass is 79.9. The van der Waals surface area contributed by atoms with Crippen LogP contribution < -0.4 is 5.69 Å². The van der Waals surface area contributed by atoms with E-state index in [2.05, 4.69) is 20.9 Å². The number of imidazole rings is 1. The Balaban J connectivity index is 2.45. The second kappa shape index (κ2) is 4.89. The van der Waals surface area contributed by atoms with Crippen LogP contribution in [-0.4, -0.2) is 20.6 Å². The van der Waals surface area contributed by atoms with E-state index in [1.165, 1.54) is 10.6 Å². The molecule has 0 amide bonds. The lowest BCUT2D eigenvalue weighted by molar-refractivity contribution is 0.0698. The van der Waals surface area contributed by atoms with E-state index in [9.17, 15) is 14.7 Å². The molecule has 2 aromatic carbocycles. The van der Waals surface area contributed by atoms with Crippen molar-refractivity contribution in [2.75, 3.05) is 0 Å². The molecule has 0 aliphatic heterocycles. The molecule has 6 heteroatoms. The van der Waals surface area contributed by atoms with Gasteiger partial charge in [0.25, 0.3) is 0 Å². The lowest BCUT2D eigenvalue weighted by Crippen LogP contribution is -2.16. The molecule has 0 spiro atoms. The number of nitrogens with one attached hydrogen (secondary N) is 1. The summed E-state index contributed by atoms with van der Waals surface area (Å²) in [7, 11) is 0. The number of hydrogen-bond acceptors (Lipinski definition) is 2. The molecule has 1 aromatic heterocycles. The van der Waals surface area contributed by atoms with Gasteiger partial charge in [-0.3, -0.25) is 4.57 Å². The summed E-state index contributed by atoms with van der Waals surface area (Å²) >= 11 is 3.43. The molecule has 106 valence electrons. The number of para-hydroxylation sites is 1. The van der Waals surface area contributed by atoms with Gasteiger partial charge in [0, 0.05) is 4.47 Å². The molecule has 0 bridgehead atoms. The fourth-order valence-corrected chi connectivity index (χ4v) is 3.02. The molecule has 5 nitrogen and oxygen atoms in total. The SMILES string of the molecule is Cc1ccc(-n2c(=O)[nH]c3cccc(C(=O)O)c32)c(Br)c1. The van der Waals surface area contributed by atoms with Crippen LogP contribution in [-0.2, 0) is 0 Å². The fraction of sp³-hybridized carbons (Fsp3) is 0.0667. The van der Waals surface area contributed by atoms with Crippen molar-refractivity contribution in [1.29, 1.82) is 0 Å². The molecule has 0 saturated carbocycles. The zero-order valence-corrected chi connectivity index (χ0v) is 12.6. The third kappa shape index (κ3) is 2.17. The number of aryl methyl sites for hydroxylation is 1. The van der Waals surface area contributed by atoms with Crippen molar-refractivity contribution >= 4 is 32.9 Å². The first-order chi connectivity index (χ1) is 9.99. The summed E-state index contributed by atoms with van der Waals surface area (Å²) in [5, 5.41) is 9.34. The predicted octanol–water partition coefficient (Wildman–Crippen LogP) is 3.09. The maximum absolute atomic E-state index is 12.2. The Labute approximate surface area is 128 Å². The number of aromatic amines is 1. The van der Waals surface area contributed by atoms with E-state index in [-0.39, 0.29) is 11.3 Å². The van der Waals surface area contributed by atoms with Crippen molar-refractivity contribution < 1.29 is 9.90 Å². The summed E-state index contributed by atoms with van der Waals surface area (Å²) in [5.41, 5.74) is 2.20. The number of aromatic carboxylic acids is 1. The molecule has 0 saturated heterocycles. The number of carbonyl (C=O) groups is 1. The van der Waals surface area contributed by atoms with Gasteiger partial charge >= 0.3 is 11.7 Å². The summed E-state index contributed by atoms with van der Waals surface area (Å²) in [4.78, 5) is 26.3. The fourth-order valence-electron chi connectivity index (χ4n) is 2.35. The Hall–Kier alpha value is -2.34. The van der Waals surface area contributed by atoms with E-state index in [4.69, 9.17) is 0 Å². The van der Waals surface area contributed by atoms with Gasteiger partial charge in [-0.1, -0.05) is 12.1 Å². The minimum Gasteiger partial charge on any atom is -0.478 e. The zero-order chi connectivity index (χ0) is 15.1. The molecular weight excluding hydrogens is 336 g/mol. The second-order valence-corrected chi connectivity index (χ2v) is 5.58. The summed E-state index contributed by atoms with van der Waals surface area (Å²) in [6.07, 6.45) is 0. The Morgan fingerprint density at radius 1 is 1.29 bits per heavy atom. The van der Waals surface area contributed by atoms with Crippen LogP contribution in [0.3, 0.4) is 0 Å². The van der Waals surface area contributed by atoms with Crippen molar-refractivity contribution in [3.05, 3.63) is 62.5 Å². The molecule has 0 fully saturated rings.